The van der Waals surface area contributed by atoms with E-state index in [0.29, 0.717) is 26.4 Å². The van der Waals surface area contributed by atoms with Crippen molar-refractivity contribution in [3.05, 3.63) is 95.9 Å². The molecular weight excluding hydrogens is 406 g/mol. The van der Waals surface area contributed by atoms with Gasteiger partial charge in [0.2, 0.25) is 0 Å². The fraction of sp³-hybridized carbons (Fsp3) is 0.182. The predicted octanol–water partition coefficient (Wildman–Crippen LogP) is 3.02. The normalized spacial score (nSPS) is 19.0. The van der Waals surface area contributed by atoms with Crippen LogP contribution in [0.15, 0.2) is 69.8 Å². The average molecular weight is 422 g/mol. The van der Waals surface area contributed by atoms with Gasteiger partial charge in [-0.05, 0) is 48.2 Å². The van der Waals surface area contributed by atoms with Crippen LogP contribution < -0.4 is 14.9 Å². The van der Waals surface area contributed by atoms with Gasteiger partial charge in [0, 0.05) is 29.4 Å². The summed E-state index contributed by atoms with van der Waals surface area (Å²) in [5, 5.41) is 0.613. The number of aromatic nitrogens is 2. The second kappa shape index (κ2) is 7.21. The van der Waals surface area contributed by atoms with Crippen molar-refractivity contribution in [2.75, 3.05) is 0 Å². The Bertz CT molecular complexity index is 1320. The molecule has 0 amide bonds. The molecular formula is C22H16ClN3O2S. The van der Waals surface area contributed by atoms with E-state index >= 15 is 0 Å². The number of carbonyl (C=O) groups excluding carboxylic acids is 1. The van der Waals surface area contributed by atoms with Crippen LogP contribution in [0.4, 0.5) is 0 Å². The first-order valence-corrected chi connectivity index (χ1v) is 10.5. The Morgan fingerprint density at radius 1 is 1.14 bits per heavy atom. The van der Waals surface area contributed by atoms with Gasteiger partial charge in [0.25, 0.3) is 5.56 Å². The average Bonchev–Trinajstić information content (AvgIpc) is 3.03. The standard InChI is InChI=1S/C22H16ClN3O2S/c23-15-8-6-14(7-9-15)20-19-16(4-1-5-17(19)27)25-22-26(20)21(28)18(29-22)11-13-3-2-10-24-12-13/h2-3,6-12,20H,1,4-5H2/b18-11-. The fourth-order valence-corrected chi connectivity index (χ4v) is 5.03. The molecule has 0 saturated carbocycles. The molecule has 1 aliphatic carbocycles. The van der Waals surface area contributed by atoms with Gasteiger partial charge in [-0.25, -0.2) is 4.99 Å². The molecule has 0 N–H and O–H groups in total. The largest absolute Gasteiger partial charge is 0.294 e. The molecule has 0 saturated heterocycles. The van der Waals surface area contributed by atoms with Crippen LogP contribution in [0.5, 0.6) is 0 Å². The minimum Gasteiger partial charge on any atom is -0.294 e. The Labute approximate surface area is 175 Å². The summed E-state index contributed by atoms with van der Waals surface area (Å²) >= 11 is 7.41. The van der Waals surface area contributed by atoms with Crippen molar-refractivity contribution in [1.82, 2.24) is 9.55 Å². The number of Topliss-reactive ketones (excluding diaryl/α,β-unsaturated/α-hetero) is 1. The summed E-state index contributed by atoms with van der Waals surface area (Å²) in [6.45, 7) is 0. The number of pyridine rings is 1. The third-order valence-corrected chi connectivity index (χ3v) is 6.43. The van der Waals surface area contributed by atoms with Crippen molar-refractivity contribution in [1.29, 1.82) is 0 Å². The molecule has 1 unspecified atom stereocenters. The number of ketones is 1. The van der Waals surface area contributed by atoms with Crippen LogP contribution in [0.1, 0.15) is 36.4 Å². The number of halogens is 1. The van der Waals surface area contributed by atoms with E-state index in [2.05, 4.69) is 4.98 Å². The molecule has 1 aliphatic heterocycles. The molecule has 5 nitrogen and oxygen atoms in total. The molecule has 1 aromatic carbocycles. The molecule has 0 bridgehead atoms. The summed E-state index contributed by atoms with van der Waals surface area (Å²) in [7, 11) is 0. The van der Waals surface area contributed by atoms with Crippen LogP contribution in [0.2, 0.25) is 5.02 Å². The number of fused-ring (bicyclic) bond motifs is 1. The third-order valence-electron chi connectivity index (χ3n) is 5.20. The van der Waals surface area contributed by atoms with Crippen LogP contribution in [0.3, 0.4) is 0 Å². The number of thiazole rings is 1. The summed E-state index contributed by atoms with van der Waals surface area (Å²) < 4.78 is 2.22. The molecule has 2 aliphatic rings. The molecule has 5 rings (SSSR count). The number of benzene rings is 1. The molecule has 3 aromatic rings. The minimum atomic E-state index is -0.470. The van der Waals surface area contributed by atoms with E-state index in [4.69, 9.17) is 16.6 Å². The number of rotatable bonds is 2. The molecule has 7 heteroatoms. The second-order valence-electron chi connectivity index (χ2n) is 7.06. The van der Waals surface area contributed by atoms with E-state index in [1.165, 1.54) is 11.3 Å². The Hall–Kier alpha value is -2.83. The molecule has 0 spiro atoms. The monoisotopic (exact) mass is 421 g/mol. The Morgan fingerprint density at radius 2 is 1.97 bits per heavy atom. The van der Waals surface area contributed by atoms with Crippen molar-refractivity contribution < 1.29 is 4.79 Å². The van der Waals surface area contributed by atoms with Crippen LogP contribution >= 0.6 is 22.9 Å². The highest BCUT2D eigenvalue weighted by atomic mass is 35.5. The van der Waals surface area contributed by atoms with E-state index in [9.17, 15) is 9.59 Å². The summed E-state index contributed by atoms with van der Waals surface area (Å²) in [6, 6.07) is 10.6. The molecule has 0 fully saturated rings. The lowest BCUT2D eigenvalue weighted by Crippen LogP contribution is -2.40. The lowest BCUT2D eigenvalue weighted by Gasteiger charge is -2.28. The first-order valence-electron chi connectivity index (χ1n) is 9.35. The Balaban J connectivity index is 1.77. The molecule has 29 heavy (non-hydrogen) atoms. The van der Waals surface area contributed by atoms with Crippen molar-refractivity contribution in [3.63, 3.8) is 0 Å². The molecule has 2 aromatic heterocycles. The number of nitrogens with zero attached hydrogens (tertiary/aromatic N) is 3. The van der Waals surface area contributed by atoms with E-state index in [1.807, 2.05) is 30.3 Å². The first kappa shape index (κ1) is 18.2. The van der Waals surface area contributed by atoms with E-state index < -0.39 is 6.04 Å². The number of allylic oxidation sites excluding steroid dienone is 2. The maximum Gasteiger partial charge on any atom is 0.271 e. The number of hydrogen-bond acceptors (Lipinski definition) is 5. The summed E-state index contributed by atoms with van der Waals surface area (Å²) in [6.07, 6.45) is 7.25. The first-order chi connectivity index (χ1) is 14.1. The van der Waals surface area contributed by atoms with E-state index in [-0.39, 0.29) is 11.3 Å². The maximum absolute atomic E-state index is 13.4. The Kier molecular flexibility index (Phi) is 4.53. The van der Waals surface area contributed by atoms with Crippen molar-refractivity contribution in [2.24, 2.45) is 4.99 Å². The smallest absolute Gasteiger partial charge is 0.271 e. The summed E-state index contributed by atoms with van der Waals surface area (Å²) in [5.74, 6) is 0.0662. The van der Waals surface area contributed by atoms with Gasteiger partial charge in [0.15, 0.2) is 10.6 Å². The highest BCUT2D eigenvalue weighted by molar-refractivity contribution is 7.07. The van der Waals surface area contributed by atoms with Gasteiger partial charge in [0.05, 0.1) is 16.3 Å². The lowest BCUT2D eigenvalue weighted by atomic mass is 9.86. The second-order valence-corrected chi connectivity index (χ2v) is 8.50. The highest BCUT2D eigenvalue weighted by Gasteiger charge is 2.34. The van der Waals surface area contributed by atoms with Gasteiger partial charge in [-0.2, -0.15) is 0 Å². The van der Waals surface area contributed by atoms with Gasteiger partial charge >= 0.3 is 0 Å². The predicted molar refractivity (Wildman–Crippen MR) is 113 cm³/mol. The summed E-state index contributed by atoms with van der Waals surface area (Å²) in [5.41, 5.74) is 3.00. The maximum atomic E-state index is 13.4. The van der Waals surface area contributed by atoms with Gasteiger partial charge < -0.3 is 0 Å². The van der Waals surface area contributed by atoms with E-state index in [1.54, 1.807) is 29.1 Å². The van der Waals surface area contributed by atoms with Crippen molar-refractivity contribution >= 4 is 34.8 Å². The van der Waals surface area contributed by atoms with Crippen LogP contribution in [0, 0.1) is 0 Å². The zero-order valence-corrected chi connectivity index (χ0v) is 16.9. The third kappa shape index (κ3) is 3.18. The number of carbonyl (C=O) groups is 1. The minimum absolute atomic E-state index is 0.0662. The van der Waals surface area contributed by atoms with Crippen LogP contribution in [-0.4, -0.2) is 15.3 Å². The molecule has 144 valence electrons. The van der Waals surface area contributed by atoms with Crippen molar-refractivity contribution in [3.8, 4) is 0 Å². The Morgan fingerprint density at radius 3 is 2.72 bits per heavy atom. The fourth-order valence-electron chi connectivity index (χ4n) is 3.88. The van der Waals surface area contributed by atoms with Gasteiger partial charge in [-0.1, -0.05) is 41.1 Å². The van der Waals surface area contributed by atoms with Crippen LogP contribution in [-0.2, 0) is 4.79 Å². The van der Waals surface area contributed by atoms with Gasteiger partial charge in [-0.3, -0.25) is 19.1 Å². The van der Waals surface area contributed by atoms with Gasteiger partial charge in [-0.15, -0.1) is 0 Å². The van der Waals surface area contributed by atoms with Crippen molar-refractivity contribution in [2.45, 2.75) is 25.3 Å². The topological polar surface area (TPSA) is 64.3 Å². The summed E-state index contributed by atoms with van der Waals surface area (Å²) in [4.78, 5) is 35.6. The lowest BCUT2D eigenvalue weighted by molar-refractivity contribution is -0.116. The van der Waals surface area contributed by atoms with Gasteiger partial charge in [0.1, 0.15) is 0 Å². The SMILES string of the molecule is O=C1CCCC2=C1C(c1ccc(Cl)cc1)n1c(s/c(=C\c3cccnc3)c1=O)=N2. The number of hydrogen-bond donors (Lipinski definition) is 0. The van der Waals surface area contributed by atoms with Crippen LogP contribution in [0.25, 0.3) is 6.08 Å². The zero-order valence-electron chi connectivity index (χ0n) is 15.3. The quantitative estimate of drug-likeness (QED) is 0.639. The molecule has 3 heterocycles. The highest BCUT2D eigenvalue weighted by Crippen LogP contribution is 2.36. The zero-order chi connectivity index (χ0) is 20.0. The molecule has 0 radical (unpaired) electrons. The molecule has 1 atom stereocenters. The van der Waals surface area contributed by atoms with E-state index in [0.717, 1.165) is 29.7 Å².